The third-order valence-corrected chi connectivity index (χ3v) is 3.20. The largest absolute Gasteiger partial charge is 0.418 e. The molecule has 0 bridgehead atoms. The van der Waals surface area contributed by atoms with E-state index in [1.165, 1.54) is 6.07 Å². The minimum absolute atomic E-state index is 0.184. The zero-order chi connectivity index (χ0) is 16.0. The molecule has 0 aromatic heterocycles. The van der Waals surface area contributed by atoms with Crippen molar-refractivity contribution in [3.8, 4) is 0 Å². The lowest BCUT2D eigenvalue weighted by molar-refractivity contribution is -0.137. The topological polar surface area (TPSA) is 26.7 Å². The fourth-order valence-electron chi connectivity index (χ4n) is 2.13. The molecule has 0 aliphatic heterocycles. The van der Waals surface area contributed by atoms with Crippen molar-refractivity contribution in [2.45, 2.75) is 26.1 Å². The van der Waals surface area contributed by atoms with Crippen LogP contribution in [0.25, 0.3) is 0 Å². The molecule has 3 nitrogen and oxygen atoms in total. The van der Waals surface area contributed by atoms with Crippen LogP contribution < -0.4 is 4.90 Å². The summed E-state index contributed by atoms with van der Waals surface area (Å²) in [6.45, 7) is 3.32. The summed E-state index contributed by atoms with van der Waals surface area (Å²) in [4.78, 5) is 3.70. The van der Waals surface area contributed by atoms with Gasteiger partial charge in [0.05, 0.1) is 12.2 Å². The number of nitrogens with zero attached hydrogens (tertiary/aromatic N) is 2. The van der Waals surface area contributed by atoms with E-state index < -0.39 is 18.3 Å². The van der Waals surface area contributed by atoms with E-state index in [1.807, 2.05) is 25.9 Å². The minimum atomic E-state index is -4.43. The number of aliphatic hydroxyl groups is 1. The molecule has 0 radical (unpaired) electrons. The number of hydrogen-bond acceptors (Lipinski definition) is 3. The van der Waals surface area contributed by atoms with Gasteiger partial charge in [-0.2, -0.15) is 13.2 Å². The van der Waals surface area contributed by atoms with Crippen LogP contribution in [-0.4, -0.2) is 43.7 Å². The van der Waals surface area contributed by atoms with Crippen molar-refractivity contribution in [2.24, 2.45) is 0 Å². The van der Waals surface area contributed by atoms with Gasteiger partial charge in [0.15, 0.2) is 0 Å². The Labute approximate surface area is 124 Å². The highest BCUT2D eigenvalue weighted by Crippen LogP contribution is 2.37. The highest BCUT2D eigenvalue weighted by atomic mass is 19.4. The van der Waals surface area contributed by atoms with Crippen molar-refractivity contribution < 1.29 is 18.3 Å². The van der Waals surface area contributed by atoms with Crippen LogP contribution in [0.5, 0.6) is 0 Å². The Morgan fingerprint density at radius 1 is 1.10 bits per heavy atom. The number of rotatable bonds is 7. The van der Waals surface area contributed by atoms with E-state index in [4.69, 9.17) is 5.11 Å². The molecule has 0 saturated heterocycles. The predicted molar refractivity (Wildman–Crippen MR) is 78.4 cm³/mol. The summed E-state index contributed by atoms with van der Waals surface area (Å²) in [7, 11) is 3.79. The normalized spacial score (nSPS) is 12.0. The average molecular weight is 304 g/mol. The smallest absolute Gasteiger partial charge is 0.392 e. The molecule has 0 saturated carbocycles. The number of likely N-dealkylation sites (N-methyl/N-ethyl adjacent to an activating group) is 1. The molecule has 0 aliphatic carbocycles. The fraction of sp³-hybridized carbons (Fsp3) is 0.600. The molecule has 0 fully saturated rings. The Kier molecular flexibility index (Phi) is 6.48. The number of benzene rings is 1. The van der Waals surface area contributed by atoms with Crippen LogP contribution in [0, 0.1) is 0 Å². The first kappa shape index (κ1) is 17.8. The van der Waals surface area contributed by atoms with Crippen molar-refractivity contribution in [2.75, 3.05) is 38.6 Å². The highest BCUT2D eigenvalue weighted by molar-refractivity contribution is 5.56. The van der Waals surface area contributed by atoms with Crippen molar-refractivity contribution in [1.29, 1.82) is 0 Å². The number of halogens is 3. The van der Waals surface area contributed by atoms with Crippen molar-refractivity contribution in [1.82, 2.24) is 4.90 Å². The van der Waals surface area contributed by atoms with E-state index in [1.54, 1.807) is 11.0 Å². The fourth-order valence-corrected chi connectivity index (χ4v) is 2.13. The first-order valence-electron chi connectivity index (χ1n) is 7.00. The number of alkyl halides is 3. The molecular weight excluding hydrogens is 281 g/mol. The first-order valence-corrected chi connectivity index (χ1v) is 7.00. The summed E-state index contributed by atoms with van der Waals surface area (Å²) >= 11 is 0. The van der Waals surface area contributed by atoms with E-state index in [9.17, 15) is 13.2 Å². The van der Waals surface area contributed by atoms with Crippen molar-refractivity contribution in [3.05, 3.63) is 29.3 Å². The summed E-state index contributed by atoms with van der Waals surface area (Å²) in [5.74, 6) is 0. The summed E-state index contributed by atoms with van der Waals surface area (Å²) in [5.41, 5.74) is -0.222. The van der Waals surface area contributed by atoms with Gasteiger partial charge in [-0.05, 0) is 38.2 Å². The Balaban J connectivity index is 3.16. The van der Waals surface area contributed by atoms with Gasteiger partial charge in [-0.15, -0.1) is 0 Å². The summed E-state index contributed by atoms with van der Waals surface area (Å²) in [6.07, 6.45) is -3.66. The molecule has 1 aromatic rings. The van der Waals surface area contributed by atoms with Crippen LogP contribution in [0.1, 0.15) is 24.5 Å². The van der Waals surface area contributed by atoms with Gasteiger partial charge in [-0.3, -0.25) is 0 Å². The van der Waals surface area contributed by atoms with Gasteiger partial charge < -0.3 is 14.9 Å². The lowest BCUT2D eigenvalue weighted by Gasteiger charge is -2.29. The maximum atomic E-state index is 13.2. The van der Waals surface area contributed by atoms with Gasteiger partial charge in [0.25, 0.3) is 0 Å². The van der Waals surface area contributed by atoms with E-state index in [-0.39, 0.29) is 11.3 Å². The van der Waals surface area contributed by atoms with Gasteiger partial charge in [-0.25, -0.2) is 0 Å². The Hall–Kier alpha value is -1.27. The second kappa shape index (κ2) is 7.66. The zero-order valence-corrected chi connectivity index (χ0v) is 12.7. The van der Waals surface area contributed by atoms with E-state index in [0.717, 1.165) is 12.5 Å². The number of hydrogen-bond donors (Lipinski definition) is 1. The van der Waals surface area contributed by atoms with E-state index in [0.29, 0.717) is 19.6 Å². The van der Waals surface area contributed by atoms with Crippen molar-refractivity contribution >= 4 is 5.69 Å². The molecule has 6 heteroatoms. The zero-order valence-electron chi connectivity index (χ0n) is 12.7. The predicted octanol–water partition coefficient (Wildman–Crippen LogP) is 2.98. The maximum absolute atomic E-state index is 13.2. The average Bonchev–Trinajstić information content (AvgIpc) is 2.41. The maximum Gasteiger partial charge on any atom is 0.418 e. The van der Waals surface area contributed by atoms with Crippen LogP contribution in [0.3, 0.4) is 0 Å². The standard InChI is InChI=1S/C15H23F3N2O/c1-4-7-20(9-8-19(2)3)14-6-5-12(11-21)10-13(14)15(16,17)18/h5-6,10,21H,4,7-9,11H2,1-3H3. The van der Waals surface area contributed by atoms with Crippen molar-refractivity contribution in [3.63, 3.8) is 0 Å². The third-order valence-electron chi connectivity index (χ3n) is 3.20. The van der Waals surface area contributed by atoms with Crippen LogP contribution in [0.15, 0.2) is 18.2 Å². The monoisotopic (exact) mass is 304 g/mol. The Bertz CT molecular complexity index is 447. The summed E-state index contributed by atoms with van der Waals surface area (Å²) < 4.78 is 39.7. The van der Waals surface area contributed by atoms with Crippen LogP contribution in [-0.2, 0) is 12.8 Å². The lowest BCUT2D eigenvalue weighted by atomic mass is 10.1. The second-order valence-electron chi connectivity index (χ2n) is 5.30. The van der Waals surface area contributed by atoms with Crippen LogP contribution >= 0.6 is 0 Å². The van der Waals surface area contributed by atoms with Gasteiger partial charge in [0.2, 0.25) is 0 Å². The van der Waals surface area contributed by atoms with E-state index >= 15 is 0 Å². The molecule has 1 N–H and O–H groups in total. The molecule has 0 heterocycles. The molecule has 0 aliphatic rings. The molecule has 0 amide bonds. The number of aliphatic hydroxyl groups excluding tert-OH is 1. The SMILES string of the molecule is CCCN(CCN(C)C)c1ccc(CO)cc1C(F)(F)F. The second-order valence-corrected chi connectivity index (χ2v) is 5.30. The molecule has 1 rings (SSSR count). The summed E-state index contributed by atoms with van der Waals surface area (Å²) in [6, 6.07) is 4.04. The molecule has 0 atom stereocenters. The van der Waals surface area contributed by atoms with Gasteiger partial charge in [-0.1, -0.05) is 13.0 Å². The molecule has 1 aromatic carbocycles. The van der Waals surface area contributed by atoms with Gasteiger partial charge in [0.1, 0.15) is 0 Å². The number of anilines is 1. The third kappa shape index (κ3) is 5.21. The van der Waals surface area contributed by atoms with Gasteiger partial charge in [0, 0.05) is 25.3 Å². The van der Waals surface area contributed by atoms with Crippen LogP contribution in [0.2, 0.25) is 0 Å². The van der Waals surface area contributed by atoms with Crippen LogP contribution in [0.4, 0.5) is 18.9 Å². The van der Waals surface area contributed by atoms with E-state index in [2.05, 4.69) is 0 Å². The molecule has 120 valence electrons. The Morgan fingerprint density at radius 2 is 1.76 bits per heavy atom. The first-order chi connectivity index (χ1) is 9.79. The minimum Gasteiger partial charge on any atom is -0.392 e. The molecule has 21 heavy (non-hydrogen) atoms. The molecule has 0 unspecified atom stereocenters. The lowest BCUT2D eigenvalue weighted by Crippen LogP contribution is -2.33. The highest BCUT2D eigenvalue weighted by Gasteiger charge is 2.35. The quantitative estimate of drug-likeness (QED) is 0.839. The molecular formula is C15H23F3N2O. The summed E-state index contributed by atoms with van der Waals surface area (Å²) in [5, 5.41) is 9.05. The molecule has 0 spiro atoms. The van der Waals surface area contributed by atoms with Gasteiger partial charge >= 0.3 is 6.18 Å². The Morgan fingerprint density at radius 3 is 2.24 bits per heavy atom.